The minimum Gasteiger partial charge on any atom is -0.393 e. The van der Waals surface area contributed by atoms with E-state index in [1.54, 1.807) is 0 Å². The highest BCUT2D eigenvalue weighted by atomic mass is 16.3. The monoisotopic (exact) mass is 248 g/mol. The van der Waals surface area contributed by atoms with Gasteiger partial charge in [-0.15, -0.1) is 0 Å². The Morgan fingerprint density at radius 1 is 1.22 bits per heavy atom. The second-order valence-corrected chi connectivity index (χ2v) is 5.61. The average molecular weight is 248 g/mol. The molecule has 3 nitrogen and oxygen atoms in total. The Morgan fingerprint density at radius 3 is 2.39 bits per heavy atom. The summed E-state index contributed by atoms with van der Waals surface area (Å²) < 4.78 is 0. The first-order valence-corrected chi connectivity index (χ1v) is 6.96. The molecule has 1 fully saturated rings. The molecule has 0 radical (unpaired) electrons. The molecule has 0 aromatic carbocycles. The number of hydrogen-bond acceptors (Lipinski definition) is 3. The first kappa shape index (κ1) is 13.5. The molecule has 2 heterocycles. The molecule has 2 rings (SSSR count). The van der Waals surface area contributed by atoms with E-state index in [0.717, 1.165) is 31.6 Å². The number of aromatic nitrogens is 1. The summed E-state index contributed by atoms with van der Waals surface area (Å²) in [5.74, 6) is 0.486. The lowest BCUT2D eigenvalue weighted by Crippen LogP contribution is -2.37. The van der Waals surface area contributed by atoms with Crippen molar-refractivity contribution in [3.63, 3.8) is 0 Å². The van der Waals surface area contributed by atoms with E-state index in [9.17, 15) is 5.11 Å². The van der Waals surface area contributed by atoms with Gasteiger partial charge >= 0.3 is 0 Å². The van der Waals surface area contributed by atoms with Crippen LogP contribution in [-0.2, 0) is 0 Å². The summed E-state index contributed by atoms with van der Waals surface area (Å²) in [6.45, 7) is 8.52. The van der Waals surface area contributed by atoms with Crippen LogP contribution in [0, 0.1) is 0 Å². The van der Waals surface area contributed by atoms with Gasteiger partial charge < -0.3 is 5.11 Å². The van der Waals surface area contributed by atoms with Crippen LogP contribution in [-0.4, -0.2) is 34.2 Å². The van der Waals surface area contributed by atoms with Crippen LogP contribution in [0.1, 0.15) is 56.8 Å². The summed E-state index contributed by atoms with van der Waals surface area (Å²) >= 11 is 0. The lowest BCUT2D eigenvalue weighted by atomic mass is 10.0. The molecule has 1 aliphatic rings. The zero-order chi connectivity index (χ0) is 13.1. The highest BCUT2D eigenvalue weighted by Gasteiger charge is 2.22. The molecule has 1 aromatic rings. The molecular weight excluding hydrogens is 224 g/mol. The van der Waals surface area contributed by atoms with E-state index < -0.39 is 0 Å². The SMILES string of the molecule is CC(C)c1ccc([C@H](C)N2CCC(O)CC2)cn1. The van der Waals surface area contributed by atoms with E-state index in [1.165, 1.54) is 5.56 Å². The Labute approximate surface area is 110 Å². The smallest absolute Gasteiger partial charge is 0.0564 e. The summed E-state index contributed by atoms with van der Waals surface area (Å²) in [5, 5.41) is 9.54. The predicted molar refractivity (Wildman–Crippen MR) is 73.6 cm³/mol. The number of aliphatic hydroxyl groups excluding tert-OH is 1. The quantitative estimate of drug-likeness (QED) is 0.893. The molecule has 0 saturated carbocycles. The Hall–Kier alpha value is -0.930. The van der Waals surface area contributed by atoms with Gasteiger partial charge in [0.25, 0.3) is 0 Å². The van der Waals surface area contributed by atoms with E-state index in [1.807, 2.05) is 6.20 Å². The van der Waals surface area contributed by atoms with Crippen molar-refractivity contribution >= 4 is 0 Å². The molecular formula is C15H24N2O. The molecule has 1 aromatic heterocycles. The van der Waals surface area contributed by atoms with Gasteiger partial charge in [0, 0.05) is 31.0 Å². The van der Waals surface area contributed by atoms with Crippen LogP contribution in [0.5, 0.6) is 0 Å². The largest absolute Gasteiger partial charge is 0.393 e. The molecule has 0 unspecified atom stereocenters. The molecule has 18 heavy (non-hydrogen) atoms. The molecule has 0 amide bonds. The van der Waals surface area contributed by atoms with Crippen LogP contribution in [0.25, 0.3) is 0 Å². The first-order chi connectivity index (χ1) is 8.58. The second kappa shape index (κ2) is 5.81. The fourth-order valence-electron chi connectivity index (χ4n) is 2.49. The van der Waals surface area contributed by atoms with Crippen molar-refractivity contribution in [3.8, 4) is 0 Å². The molecule has 0 aliphatic carbocycles. The van der Waals surface area contributed by atoms with Gasteiger partial charge in [-0.2, -0.15) is 0 Å². The highest BCUT2D eigenvalue weighted by Crippen LogP contribution is 2.24. The maximum absolute atomic E-state index is 9.54. The van der Waals surface area contributed by atoms with Gasteiger partial charge in [-0.1, -0.05) is 19.9 Å². The van der Waals surface area contributed by atoms with Crippen LogP contribution in [0.3, 0.4) is 0 Å². The number of rotatable bonds is 3. The Bertz CT molecular complexity index is 367. The molecule has 100 valence electrons. The van der Waals surface area contributed by atoms with Crippen LogP contribution >= 0.6 is 0 Å². The molecule has 1 N–H and O–H groups in total. The number of pyridine rings is 1. The summed E-state index contributed by atoms with van der Waals surface area (Å²) in [7, 11) is 0. The van der Waals surface area contributed by atoms with Crippen LogP contribution in [0.4, 0.5) is 0 Å². The van der Waals surface area contributed by atoms with E-state index in [4.69, 9.17) is 0 Å². The second-order valence-electron chi connectivity index (χ2n) is 5.61. The zero-order valence-electron chi connectivity index (χ0n) is 11.6. The van der Waals surface area contributed by atoms with Crippen molar-refractivity contribution in [2.75, 3.05) is 13.1 Å². The van der Waals surface area contributed by atoms with E-state index >= 15 is 0 Å². The first-order valence-electron chi connectivity index (χ1n) is 6.96. The number of likely N-dealkylation sites (tertiary alicyclic amines) is 1. The van der Waals surface area contributed by atoms with Crippen LogP contribution < -0.4 is 0 Å². The third-order valence-corrected chi connectivity index (χ3v) is 3.93. The lowest BCUT2D eigenvalue weighted by molar-refractivity contribution is 0.0644. The van der Waals surface area contributed by atoms with Crippen LogP contribution in [0.2, 0.25) is 0 Å². The van der Waals surface area contributed by atoms with E-state index in [-0.39, 0.29) is 6.10 Å². The van der Waals surface area contributed by atoms with Crippen molar-refractivity contribution in [3.05, 3.63) is 29.6 Å². The van der Waals surface area contributed by atoms with Gasteiger partial charge in [0.15, 0.2) is 0 Å². The molecule has 3 heteroatoms. The normalized spacial score (nSPS) is 20.3. The lowest BCUT2D eigenvalue weighted by Gasteiger charge is -2.34. The van der Waals surface area contributed by atoms with Crippen molar-refractivity contribution in [1.82, 2.24) is 9.88 Å². The Balaban J connectivity index is 2.02. The average Bonchev–Trinajstić information content (AvgIpc) is 2.39. The molecule has 1 aliphatic heterocycles. The maximum Gasteiger partial charge on any atom is 0.0564 e. The molecule has 0 bridgehead atoms. The van der Waals surface area contributed by atoms with Gasteiger partial charge in [-0.25, -0.2) is 0 Å². The summed E-state index contributed by atoms with van der Waals surface area (Å²) in [6.07, 6.45) is 3.68. The third-order valence-electron chi connectivity index (χ3n) is 3.93. The van der Waals surface area contributed by atoms with Crippen molar-refractivity contribution < 1.29 is 5.11 Å². The molecule has 1 saturated heterocycles. The Morgan fingerprint density at radius 2 is 1.89 bits per heavy atom. The summed E-state index contributed by atoms with van der Waals surface area (Å²) in [4.78, 5) is 6.96. The van der Waals surface area contributed by atoms with Gasteiger partial charge in [0.1, 0.15) is 0 Å². The minimum absolute atomic E-state index is 0.102. The number of aliphatic hydroxyl groups is 1. The number of hydrogen-bond donors (Lipinski definition) is 1. The maximum atomic E-state index is 9.54. The molecule has 0 spiro atoms. The van der Waals surface area contributed by atoms with E-state index in [0.29, 0.717) is 12.0 Å². The van der Waals surface area contributed by atoms with Gasteiger partial charge in [-0.3, -0.25) is 9.88 Å². The van der Waals surface area contributed by atoms with Crippen molar-refractivity contribution in [2.45, 2.75) is 51.7 Å². The summed E-state index contributed by atoms with van der Waals surface area (Å²) in [5.41, 5.74) is 2.43. The van der Waals surface area contributed by atoms with Gasteiger partial charge in [0.2, 0.25) is 0 Å². The zero-order valence-corrected chi connectivity index (χ0v) is 11.6. The fraction of sp³-hybridized carbons (Fsp3) is 0.667. The van der Waals surface area contributed by atoms with Crippen molar-refractivity contribution in [1.29, 1.82) is 0 Å². The minimum atomic E-state index is -0.102. The number of piperidine rings is 1. The number of nitrogens with zero attached hydrogens (tertiary/aromatic N) is 2. The van der Waals surface area contributed by atoms with Gasteiger partial charge in [-0.05, 0) is 37.3 Å². The van der Waals surface area contributed by atoms with Gasteiger partial charge in [0.05, 0.1) is 6.10 Å². The topological polar surface area (TPSA) is 36.4 Å². The van der Waals surface area contributed by atoms with E-state index in [2.05, 4.69) is 42.8 Å². The predicted octanol–water partition coefficient (Wildman–Crippen LogP) is 2.72. The van der Waals surface area contributed by atoms with Crippen LogP contribution in [0.15, 0.2) is 18.3 Å². The summed E-state index contributed by atoms with van der Waals surface area (Å²) in [6, 6.07) is 4.72. The standard InChI is InChI=1S/C15H24N2O/c1-11(2)15-5-4-13(10-16-15)12(3)17-8-6-14(18)7-9-17/h4-5,10-12,14,18H,6-9H2,1-3H3/t12-/m0/s1. The van der Waals surface area contributed by atoms with Crippen molar-refractivity contribution in [2.24, 2.45) is 0 Å². The molecule has 1 atom stereocenters. The Kier molecular flexibility index (Phi) is 4.36. The highest BCUT2D eigenvalue weighted by molar-refractivity contribution is 5.19. The third kappa shape index (κ3) is 3.09. The fourth-order valence-corrected chi connectivity index (χ4v) is 2.49.